The lowest BCUT2D eigenvalue weighted by atomic mass is 9.94. The van der Waals surface area contributed by atoms with Gasteiger partial charge in [0.1, 0.15) is 6.29 Å². The molecule has 1 heterocycles. The Kier molecular flexibility index (Phi) is 9.15. The van der Waals surface area contributed by atoms with Crippen LogP contribution in [0.5, 0.6) is 0 Å². The molecule has 0 saturated heterocycles. The number of fused-ring (bicyclic) bond motifs is 1. The molecule has 1 aliphatic heterocycles. The average Bonchev–Trinajstić information content (AvgIpc) is 2.41. The van der Waals surface area contributed by atoms with Gasteiger partial charge in [0.25, 0.3) is 0 Å². The molecule has 0 amide bonds. The Morgan fingerprint density at radius 2 is 1.79 bits per heavy atom. The molecule has 2 rings (SSSR count). The summed E-state index contributed by atoms with van der Waals surface area (Å²) >= 11 is 0. The van der Waals surface area contributed by atoms with E-state index >= 15 is 0 Å². The molecule has 0 bridgehead atoms. The van der Waals surface area contributed by atoms with Crippen molar-refractivity contribution >= 4 is 6.29 Å². The first-order valence-electron chi connectivity index (χ1n) is 7.28. The quantitative estimate of drug-likeness (QED) is 0.713. The third-order valence-electron chi connectivity index (χ3n) is 3.10. The van der Waals surface area contributed by atoms with Crippen molar-refractivity contribution in [3.8, 4) is 0 Å². The van der Waals surface area contributed by atoms with Crippen molar-refractivity contribution in [2.24, 2.45) is 0 Å². The van der Waals surface area contributed by atoms with E-state index in [9.17, 15) is 0 Å². The third-order valence-corrected chi connectivity index (χ3v) is 3.10. The molecule has 0 aliphatic carbocycles. The zero-order valence-corrected chi connectivity index (χ0v) is 13.4. The summed E-state index contributed by atoms with van der Waals surface area (Å²) in [6, 6.07) is 6.99. The van der Waals surface area contributed by atoms with Gasteiger partial charge in [0, 0.05) is 13.1 Å². The Balaban J connectivity index is 0.000000573. The molecule has 1 aromatic rings. The predicted octanol–water partition coefficient (Wildman–Crippen LogP) is 4.03. The number of benzene rings is 1. The number of carbonyl (C=O) groups excluding carboxylic acids is 1. The van der Waals surface area contributed by atoms with E-state index < -0.39 is 0 Å². The van der Waals surface area contributed by atoms with Crippen molar-refractivity contribution in [2.45, 2.75) is 53.5 Å². The van der Waals surface area contributed by atoms with Crippen LogP contribution >= 0.6 is 0 Å². The predicted molar refractivity (Wildman–Crippen MR) is 83.7 cm³/mol. The van der Waals surface area contributed by atoms with Crippen LogP contribution in [0.2, 0.25) is 0 Å². The van der Waals surface area contributed by atoms with Crippen molar-refractivity contribution in [3.63, 3.8) is 0 Å². The monoisotopic (exact) mass is 263 g/mol. The summed E-state index contributed by atoms with van der Waals surface area (Å²) in [7, 11) is 2.20. The van der Waals surface area contributed by atoms with Crippen molar-refractivity contribution in [1.29, 1.82) is 0 Å². The minimum atomic E-state index is 0.646. The normalized spacial score (nSPS) is 13.6. The largest absolute Gasteiger partial charge is 0.304 e. The fraction of sp³-hybridized carbons (Fsp3) is 0.588. The molecule has 0 atom stereocenters. The number of carbonyl (C=O) groups is 1. The Hall–Kier alpha value is -1.15. The highest BCUT2D eigenvalue weighted by molar-refractivity contribution is 5.44. The van der Waals surface area contributed by atoms with E-state index in [0.29, 0.717) is 5.92 Å². The number of rotatable bonds is 1. The van der Waals surface area contributed by atoms with Crippen LogP contribution in [0.1, 0.15) is 57.2 Å². The number of aldehydes is 1. The standard InChI is InChI=1S/C13H19N.C2H4O.C2H6/c1-10(2)12-5-4-11-6-7-14(3)9-13(11)8-12;1-2-3;1-2/h4-5,8,10H,6-7,9H2,1-3H3;2H,1H3;1-2H3. The van der Waals surface area contributed by atoms with Crippen LogP contribution in [0.3, 0.4) is 0 Å². The van der Waals surface area contributed by atoms with Gasteiger partial charge in [-0.2, -0.15) is 0 Å². The smallest absolute Gasteiger partial charge is 0.116 e. The molecule has 1 aromatic carbocycles. The summed E-state index contributed by atoms with van der Waals surface area (Å²) < 4.78 is 0. The van der Waals surface area contributed by atoms with Gasteiger partial charge in [0.2, 0.25) is 0 Å². The van der Waals surface area contributed by atoms with Gasteiger partial charge in [-0.05, 0) is 43.0 Å². The van der Waals surface area contributed by atoms with Crippen LogP contribution in [-0.2, 0) is 17.8 Å². The second kappa shape index (κ2) is 9.74. The maximum atomic E-state index is 8.81. The van der Waals surface area contributed by atoms with E-state index in [1.807, 2.05) is 13.8 Å². The molecule has 1 aliphatic rings. The Morgan fingerprint density at radius 3 is 2.32 bits per heavy atom. The minimum absolute atomic E-state index is 0.646. The van der Waals surface area contributed by atoms with Crippen molar-refractivity contribution in [3.05, 3.63) is 34.9 Å². The molecule has 0 radical (unpaired) electrons. The van der Waals surface area contributed by atoms with Gasteiger partial charge in [0.05, 0.1) is 0 Å². The molecule has 0 N–H and O–H groups in total. The molecule has 0 aromatic heterocycles. The Morgan fingerprint density at radius 1 is 1.21 bits per heavy atom. The maximum Gasteiger partial charge on any atom is 0.116 e. The first-order chi connectivity index (χ1) is 9.08. The van der Waals surface area contributed by atoms with Crippen LogP contribution in [-0.4, -0.2) is 24.8 Å². The number of hydrogen-bond acceptors (Lipinski definition) is 2. The van der Waals surface area contributed by atoms with Crippen molar-refractivity contribution in [2.75, 3.05) is 13.6 Å². The van der Waals surface area contributed by atoms with E-state index in [0.717, 1.165) is 12.8 Å². The zero-order valence-electron chi connectivity index (χ0n) is 13.4. The molecule has 0 unspecified atom stereocenters. The topological polar surface area (TPSA) is 20.3 Å². The van der Waals surface area contributed by atoms with Crippen LogP contribution in [0.4, 0.5) is 0 Å². The molecule has 2 heteroatoms. The van der Waals surface area contributed by atoms with E-state index in [1.54, 1.807) is 5.56 Å². The zero-order chi connectivity index (χ0) is 14.8. The summed E-state index contributed by atoms with van der Waals surface area (Å²) in [6.45, 7) is 12.3. The minimum Gasteiger partial charge on any atom is -0.304 e. The molecular formula is C17H29NO. The van der Waals surface area contributed by atoms with Crippen molar-refractivity contribution in [1.82, 2.24) is 4.90 Å². The molecule has 2 nitrogen and oxygen atoms in total. The number of likely N-dealkylation sites (N-methyl/N-ethyl adjacent to an activating group) is 1. The van der Waals surface area contributed by atoms with Crippen LogP contribution in [0.15, 0.2) is 18.2 Å². The first kappa shape index (κ1) is 17.8. The Bertz CT molecular complexity index is 372. The summed E-state index contributed by atoms with van der Waals surface area (Å²) in [5.74, 6) is 0.646. The lowest BCUT2D eigenvalue weighted by Gasteiger charge is -2.25. The lowest BCUT2D eigenvalue weighted by molar-refractivity contribution is -0.106. The van der Waals surface area contributed by atoms with E-state index in [1.165, 1.54) is 31.0 Å². The highest BCUT2D eigenvalue weighted by Gasteiger charge is 2.13. The van der Waals surface area contributed by atoms with Crippen LogP contribution in [0.25, 0.3) is 0 Å². The van der Waals surface area contributed by atoms with Crippen molar-refractivity contribution < 1.29 is 4.79 Å². The molecule has 19 heavy (non-hydrogen) atoms. The van der Waals surface area contributed by atoms with Crippen LogP contribution < -0.4 is 0 Å². The summed E-state index contributed by atoms with van der Waals surface area (Å²) in [5, 5.41) is 0. The van der Waals surface area contributed by atoms with Gasteiger partial charge >= 0.3 is 0 Å². The van der Waals surface area contributed by atoms with Gasteiger partial charge in [0.15, 0.2) is 0 Å². The van der Waals surface area contributed by atoms with E-state index in [-0.39, 0.29) is 0 Å². The van der Waals surface area contributed by atoms with Crippen LogP contribution in [0, 0.1) is 0 Å². The van der Waals surface area contributed by atoms with Gasteiger partial charge in [-0.15, -0.1) is 0 Å². The molecule has 0 saturated carbocycles. The first-order valence-corrected chi connectivity index (χ1v) is 7.28. The van der Waals surface area contributed by atoms with Gasteiger partial charge in [-0.3, -0.25) is 0 Å². The molecule has 0 spiro atoms. The highest BCUT2D eigenvalue weighted by atomic mass is 16.1. The SMILES string of the molecule is CC.CC(C)c1ccc2c(c1)CN(C)CC2.CC=O. The lowest BCUT2D eigenvalue weighted by Crippen LogP contribution is -2.26. The molecular weight excluding hydrogens is 234 g/mol. The summed E-state index contributed by atoms with van der Waals surface area (Å²) in [6.07, 6.45) is 1.96. The van der Waals surface area contributed by atoms with Gasteiger partial charge < -0.3 is 9.69 Å². The summed E-state index contributed by atoms with van der Waals surface area (Å²) in [4.78, 5) is 11.2. The maximum absolute atomic E-state index is 8.81. The highest BCUT2D eigenvalue weighted by Crippen LogP contribution is 2.23. The molecule has 108 valence electrons. The molecule has 0 fully saturated rings. The van der Waals surface area contributed by atoms with Gasteiger partial charge in [-0.1, -0.05) is 45.9 Å². The number of hydrogen-bond donors (Lipinski definition) is 0. The van der Waals surface area contributed by atoms with Gasteiger partial charge in [-0.25, -0.2) is 0 Å². The number of nitrogens with zero attached hydrogens (tertiary/aromatic N) is 1. The second-order valence-electron chi connectivity index (χ2n) is 4.91. The fourth-order valence-electron chi connectivity index (χ4n) is 2.08. The third kappa shape index (κ3) is 6.02. The van der Waals surface area contributed by atoms with E-state index in [4.69, 9.17) is 4.79 Å². The second-order valence-corrected chi connectivity index (χ2v) is 4.91. The fourth-order valence-corrected chi connectivity index (χ4v) is 2.08. The summed E-state index contributed by atoms with van der Waals surface area (Å²) in [5.41, 5.74) is 4.55. The average molecular weight is 263 g/mol. The van der Waals surface area contributed by atoms with E-state index in [2.05, 4.69) is 44.0 Å². The Labute approximate surface area is 118 Å².